The van der Waals surface area contributed by atoms with Crippen molar-refractivity contribution in [2.24, 2.45) is 0 Å². The SMILES string of the molecule is CCc1ccc(OCCNCc2ccco2)cc1.Cl. The Hall–Kier alpha value is -1.45. The smallest absolute Gasteiger partial charge is 0.119 e. The molecule has 1 aromatic heterocycles. The second-order valence-corrected chi connectivity index (χ2v) is 4.10. The predicted octanol–water partition coefficient (Wildman–Crippen LogP) is 3.43. The number of benzene rings is 1. The molecule has 0 aliphatic rings. The van der Waals surface area contributed by atoms with Gasteiger partial charge < -0.3 is 14.5 Å². The maximum atomic E-state index is 5.63. The summed E-state index contributed by atoms with van der Waals surface area (Å²) in [7, 11) is 0. The van der Waals surface area contributed by atoms with Gasteiger partial charge in [0.2, 0.25) is 0 Å². The van der Waals surface area contributed by atoms with E-state index in [9.17, 15) is 0 Å². The Bertz CT molecular complexity index is 440. The van der Waals surface area contributed by atoms with Gasteiger partial charge in [0.05, 0.1) is 12.8 Å². The molecule has 1 heterocycles. The molecule has 4 heteroatoms. The summed E-state index contributed by atoms with van der Waals surface area (Å²) >= 11 is 0. The first-order valence-corrected chi connectivity index (χ1v) is 6.33. The van der Waals surface area contributed by atoms with Crippen LogP contribution >= 0.6 is 12.4 Å². The molecule has 0 aliphatic carbocycles. The molecule has 0 radical (unpaired) electrons. The van der Waals surface area contributed by atoms with Crippen LogP contribution in [0.5, 0.6) is 5.75 Å². The molecule has 0 unspecified atom stereocenters. The molecule has 0 aliphatic heterocycles. The van der Waals surface area contributed by atoms with Crippen LogP contribution in [0.4, 0.5) is 0 Å². The van der Waals surface area contributed by atoms with Crippen molar-refractivity contribution in [3.05, 3.63) is 54.0 Å². The van der Waals surface area contributed by atoms with Gasteiger partial charge in [-0.05, 0) is 36.2 Å². The minimum absolute atomic E-state index is 0. The van der Waals surface area contributed by atoms with E-state index in [1.165, 1.54) is 5.56 Å². The molecule has 1 N–H and O–H groups in total. The van der Waals surface area contributed by atoms with Gasteiger partial charge in [-0.3, -0.25) is 0 Å². The van der Waals surface area contributed by atoms with Gasteiger partial charge in [0.15, 0.2) is 0 Å². The Morgan fingerprint density at radius 1 is 1.16 bits per heavy atom. The number of ether oxygens (including phenoxy) is 1. The van der Waals surface area contributed by atoms with Crippen molar-refractivity contribution in [2.75, 3.05) is 13.2 Å². The first-order chi connectivity index (χ1) is 8.88. The third kappa shape index (κ3) is 5.37. The second-order valence-electron chi connectivity index (χ2n) is 4.10. The molecule has 0 amide bonds. The van der Waals surface area contributed by atoms with E-state index >= 15 is 0 Å². The normalized spacial score (nSPS) is 9.95. The van der Waals surface area contributed by atoms with Gasteiger partial charge in [0.1, 0.15) is 18.1 Å². The molecule has 0 bridgehead atoms. The molecule has 2 rings (SSSR count). The van der Waals surface area contributed by atoms with Crippen molar-refractivity contribution in [3.63, 3.8) is 0 Å². The largest absolute Gasteiger partial charge is 0.492 e. The Balaban J connectivity index is 0.00000180. The topological polar surface area (TPSA) is 34.4 Å². The van der Waals surface area contributed by atoms with Crippen molar-refractivity contribution in [1.29, 1.82) is 0 Å². The van der Waals surface area contributed by atoms with E-state index in [2.05, 4.69) is 24.4 Å². The van der Waals surface area contributed by atoms with Gasteiger partial charge in [0.25, 0.3) is 0 Å². The summed E-state index contributed by atoms with van der Waals surface area (Å²) < 4.78 is 10.9. The highest BCUT2D eigenvalue weighted by molar-refractivity contribution is 5.85. The van der Waals surface area contributed by atoms with Gasteiger partial charge >= 0.3 is 0 Å². The van der Waals surface area contributed by atoms with Crippen LogP contribution in [-0.4, -0.2) is 13.2 Å². The minimum Gasteiger partial charge on any atom is -0.492 e. The van der Waals surface area contributed by atoms with Crippen LogP contribution in [0.25, 0.3) is 0 Å². The summed E-state index contributed by atoms with van der Waals surface area (Å²) in [5.41, 5.74) is 1.33. The summed E-state index contributed by atoms with van der Waals surface area (Å²) in [6.45, 7) is 4.35. The Morgan fingerprint density at radius 2 is 1.95 bits per heavy atom. The molecule has 0 spiro atoms. The summed E-state index contributed by atoms with van der Waals surface area (Å²) in [5, 5.41) is 3.26. The van der Waals surface area contributed by atoms with E-state index in [4.69, 9.17) is 9.15 Å². The number of rotatable bonds is 7. The van der Waals surface area contributed by atoms with Crippen molar-refractivity contribution in [3.8, 4) is 5.75 Å². The zero-order valence-corrected chi connectivity index (χ0v) is 11.9. The maximum Gasteiger partial charge on any atom is 0.119 e. The predicted molar refractivity (Wildman–Crippen MR) is 79.0 cm³/mol. The number of hydrogen-bond donors (Lipinski definition) is 1. The van der Waals surface area contributed by atoms with Crippen LogP contribution in [0.2, 0.25) is 0 Å². The number of furan rings is 1. The first-order valence-electron chi connectivity index (χ1n) is 6.33. The molecule has 1 aromatic carbocycles. The number of aryl methyl sites for hydroxylation is 1. The van der Waals surface area contributed by atoms with Crippen LogP contribution in [0, 0.1) is 0 Å². The molecule has 0 saturated carbocycles. The van der Waals surface area contributed by atoms with Crippen molar-refractivity contribution < 1.29 is 9.15 Å². The molecule has 0 atom stereocenters. The minimum atomic E-state index is 0. The Kier molecular flexibility index (Phi) is 7.08. The molecule has 0 fully saturated rings. The maximum absolute atomic E-state index is 5.63. The molecular weight excluding hydrogens is 262 g/mol. The highest BCUT2D eigenvalue weighted by Crippen LogP contribution is 2.12. The summed E-state index contributed by atoms with van der Waals surface area (Å²) in [4.78, 5) is 0. The van der Waals surface area contributed by atoms with E-state index in [1.807, 2.05) is 24.3 Å². The average molecular weight is 282 g/mol. The number of hydrogen-bond acceptors (Lipinski definition) is 3. The number of halogens is 1. The zero-order valence-electron chi connectivity index (χ0n) is 11.1. The van der Waals surface area contributed by atoms with Crippen molar-refractivity contribution in [2.45, 2.75) is 19.9 Å². The van der Waals surface area contributed by atoms with E-state index in [1.54, 1.807) is 6.26 Å². The van der Waals surface area contributed by atoms with Crippen LogP contribution in [0.1, 0.15) is 18.2 Å². The fraction of sp³-hybridized carbons (Fsp3) is 0.333. The lowest BCUT2D eigenvalue weighted by molar-refractivity contribution is 0.311. The highest BCUT2D eigenvalue weighted by Gasteiger charge is 1.96. The average Bonchev–Trinajstić information content (AvgIpc) is 2.92. The Morgan fingerprint density at radius 3 is 2.58 bits per heavy atom. The van der Waals surface area contributed by atoms with E-state index < -0.39 is 0 Å². The number of nitrogens with one attached hydrogen (secondary N) is 1. The standard InChI is InChI=1S/C15H19NO2.ClH/c1-2-13-5-7-14(8-6-13)18-11-9-16-12-15-4-3-10-17-15;/h3-8,10,16H,2,9,11-12H2,1H3;1H. The fourth-order valence-corrected chi connectivity index (χ4v) is 1.69. The van der Waals surface area contributed by atoms with Gasteiger partial charge in [-0.25, -0.2) is 0 Å². The van der Waals surface area contributed by atoms with Crippen molar-refractivity contribution in [1.82, 2.24) is 5.32 Å². The van der Waals surface area contributed by atoms with E-state index in [-0.39, 0.29) is 12.4 Å². The summed E-state index contributed by atoms with van der Waals surface area (Å²) in [6.07, 6.45) is 2.74. The summed E-state index contributed by atoms with van der Waals surface area (Å²) in [5.74, 6) is 1.87. The third-order valence-corrected chi connectivity index (χ3v) is 2.76. The van der Waals surface area contributed by atoms with Crippen LogP contribution < -0.4 is 10.1 Å². The third-order valence-electron chi connectivity index (χ3n) is 2.76. The van der Waals surface area contributed by atoms with Gasteiger partial charge in [-0.1, -0.05) is 19.1 Å². The molecule has 104 valence electrons. The van der Waals surface area contributed by atoms with Crippen molar-refractivity contribution >= 4 is 12.4 Å². The quantitative estimate of drug-likeness (QED) is 0.790. The van der Waals surface area contributed by atoms with Crippen LogP contribution in [0.3, 0.4) is 0 Å². The Labute approximate surface area is 120 Å². The lowest BCUT2D eigenvalue weighted by atomic mass is 10.2. The molecule has 0 saturated heterocycles. The highest BCUT2D eigenvalue weighted by atomic mass is 35.5. The molecule has 2 aromatic rings. The van der Waals surface area contributed by atoms with Gasteiger partial charge in [-0.15, -0.1) is 12.4 Å². The van der Waals surface area contributed by atoms with E-state index in [0.29, 0.717) is 6.61 Å². The van der Waals surface area contributed by atoms with Crippen LogP contribution in [-0.2, 0) is 13.0 Å². The second kappa shape index (κ2) is 8.62. The fourth-order valence-electron chi connectivity index (χ4n) is 1.69. The van der Waals surface area contributed by atoms with Gasteiger partial charge in [-0.2, -0.15) is 0 Å². The molecular formula is C15H20ClNO2. The lowest BCUT2D eigenvalue weighted by Gasteiger charge is -2.07. The molecule has 3 nitrogen and oxygen atoms in total. The zero-order chi connectivity index (χ0) is 12.6. The lowest BCUT2D eigenvalue weighted by Crippen LogP contribution is -2.20. The molecule has 19 heavy (non-hydrogen) atoms. The monoisotopic (exact) mass is 281 g/mol. The summed E-state index contributed by atoms with van der Waals surface area (Å²) in [6, 6.07) is 12.1. The van der Waals surface area contributed by atoms with Crippen LogP contribution in [0.15, 0.2) is 47.1 Å². The first kappa shape index (κ1) is 15.6. The van der Waals surface area contributed by atoms with E-state index in [0.717, 1.165) is 31.0 Å². The van der Waals surface area contributed by atoms with Gasteiger partial charge in [0, 0.05) is 6.54 Å².